The Morgan fingerprint density at radius 1 is 1.37 bits per heavy atom. The summed E-state index contributed by atoms with van der Waals surface area (Å²) in [6.45, 7) is 2.26. The third-order valence-electron chi connectivity index (χ3n) is 3.46. The van der Waals surface area contributed by atoms with Gasteiger partial charge >= 0.3 is 0 Å². The molecule has 1 heterocycles. The van der Waals surface area contributed by atoms with Gasteiger partial charge in [0.2, 0.25) is 0 Å². The summed E-state index contributed by atoms with van der Waals surface area (Å²) in [6, 6.07) is 4.98. The van der Waals surface area contributed by atoms with Crippen LogP contribution in [0, 0.1) is 5.92 Å². The summed E-state index contributed by atoms with van der Waals surface area (Å²) in [7, 11) is 1.71. The highest BCUT2D eigenvalue weighted by atomic mass is 35.5. The molecule has 0 N–H and O–H groups in total. The normalized spacial score (nSPS) is 16.7. The molecule has 5 heteroatoms. The summed E-state index contributed by atoms with van der Waals surface area (Å²) in [5, 5.41) is 0.982. The number of piperidine rings is 1. The molecule has 0 atom stereocenters. The second kappa shape index (κ2) is 6.60. The zero-order valence-corrected chi connectivity index (χ0v) is 12.4. The standard InChI is InChI=1S/C14H17Cl2NO2/c1-19-9-10-4-6-17(7-5-10)14(18)12-8-11(15)2-3-13(12)16/h2-3,8,10H,4-7,9H2,1H3. The van der Waals surface area contributed by atoms with Gasteiger partial charge in [-0.3, -0.25) is 4.79 Å². The molecule has 0 radical (unpaired) electrons. The molecule has 0 unspecified atom stereocenters. The summed E-state index contributed by atoms with van der Waals surface area (Å²) >= 11 is 12.0. The number of rotatable bonds is 3. The number of benzene rings is 1. The first-order chi connectivity index (χ1) is 9.11. The average Bonchev–Trinajstić information content (AvgIpc) is 2.42. The van der Waals surface area contributed by atoms with Crippen LogP contribution in [0.15, 0.2) is 18.2 Å². The lowest BCUT2D eigenvalue weighted by atomic mass is 9.97. The van der Waals surface area contributed by atoms with E-state index >= 15 is 0 Å². The predicted octanol–water partition coefficient (Wildman–Crippen LogP) is 3.49. The first-order valence-corrected chi connectivity index (χ1v) is 7.10. The molecule has 1 aromatic carbocycles. The van der Waals surface area contributed by atoms with Crippen LogP contribution in [0.1, 0.15) is 23.2 Å². The van der Waals surface area contributed by atoms with Gasteiger partial charge in [0.1, 0.15) is 0 Å². The molecular formula is C14H17Cl2NO2. The molecule has 0 aliphatic carbocycles. The zero-order chi connectivity index (χ0) is 13.8. The van der Waals surface area contributed by atoms with Crippen LogP contribution in [0.4, 0.5) is 0 Å². The number of likely N-dealkylation sites (tertiary alicyclic amines) is 1. The maximum absolute atomic E-state index is 12.4. The van der Waals surface area contributed by atoms with Crippen LogP contribution in [-0.2, 0) is 4.74 Å². The number of carbonyl (C=O) groups is 1. The Labute approximate surface area is 123 Å². The quantitative estimate of drug-likeness (QED) is 0.855. The minimum Gasteiger partial charge on any atom is -0.384 e. The Morgan fingerprint density at radius 2 is 2.05 bits per heavy atom. The molecule has 2 rings (SSSR count). The van der Waals surface area contributed by atoms with Crippen molar-refractivity contribution in [3.63, 3.8) is 0 Å². The van der Waals surface area contributed by atoms with Crippen LogP contribution in [-0.4, -0.2) is 37.6 Å². The monoisotopic (exact) mass is 301 g/mol. The van der Waals surface area contributed by atoms with E-state index in [-0.39, 0.29) is 5.91 Å². The molecule has 1 fully saturated rings. The van der Waals surface area contributed by atoms with E-state index in [1.54, 1.807) is 25.3 Å². The number of nitrogens with zero attached hydrogens (tertiary/aromatic N) is 1. The van der Waals surface area contributed by atoms with Gasteiger partial charge in [-0.25, -0.2) is 0 Å². The van der Waals surface area contributed by atoms with Crippen LogP contribution < -0.4 is 0 Å². The first-order valence-electron chi connectivity index (χ1n) is 6.35. The zero-order valence-electron chi connectivity index (χ0n) is 10.9. The Morgan fingerprint density at radius 3 is 2.68 bits per heavy atom. The molecule has 3 nitrogen and oxygen atoms in total. The Bertz CT molecular complexity index is 457. The smallest absolute Gasteiger partial charge is 0.255 e. The highest BCUT2D eigenvalue weighted by Gasteiger charge is 2.24. The highest BCUT2D eigenvalue weighted by Crippen LogP contribution is 2.25. The summed E-state index contributed by atoms with van der Waals surface area (Å²) in [5.74, 6) is 0.507. The Hall–Kier alpha value is -0.770. The first kappa shape index (κ1) is 14.6. The van der Waals surface area contributed by atoms with Crippen molar-refractivity contribution in [3.05, 3.63) is 33.8 Å². The fourth-order valence-corrected chi connectivity index (χ4v) is 2.74. The van der Waals surface area contributed by atoms with E-state index in [9.17, 15) is 4.79 Å². The van der Waals surface area contributed by atoms with Crippen LogP contribution in [0.5, 0.6) is 0 Å². The maximum Gasteiger partial charge on any atom is 0.255 e. The molecule has 0 bridgehead atoms. The van der Waals surface area contributed by atoms with E-state index in [0.29, 0.717) is 21.5 Å². The molecule has 0 aromatic heterocycles. The van der Waals surface area contributed by atoms with Crippen molar-refractivity contribution in [2.75, 3.05) is 26.8 Å². The minimum atomic E-state index is -0.0385. The van der Waals surface area contributed by atoms with Gasteiger partial charge < -0.3 is 9.64 Å². The van der Waals surface area contributed by atoms with Gasteiger partial charge in [-0.2, -0.15) is 0 Å². The molecule has 104 valence electrons. The van der Waals surface area contributed by atoms with Crippen LogP contribution >= 0.6 is 23.2 Å². The predicted molar refractivity (Wildman–Crippen MR) is 77.0 cm³/mol. The molecule has 0 saturated carbocycles. The number of amides is 1. The van der Waals surface area contributed by atoms with Gasteiger partial charge in [0.25, 0.3) is 5.91 Å². The van der Waals surface area contributed by atoms with E-state index < -0.39 is 0 Å². The van der Waals surface area contributed by atoms with E-state index in [0.717, 1.165) is 32.5 Å². The molecule has 0 spiro atoms. The highest BCUT2D eigenvalue weighted by molar-refractivity contribution is 6.35. The third-order valence-corrected chi connectivity index (χ3v) is 4.03. The van der Waals surface area contributed by atoms with Gasteiger partial charge in [0.15, 0.2) is 0 Å². The van der Waals surface area contributed by atoms with Crippen molar-refractivity contribution in [1.29, 1.82) is 0 Å². The number of methoxy groups -OCH3 is 1. The van der Waals surface area contributed by atoms with Crippen molar-refractivity contribution in [2.24, 2.45) is 5.92 Å². The van der Waals surface area contributed by atoms with Gasteiger partial charge in [-0.05, 0) is 37.0 Å². The van der Waals surface area contributed by atoms with Gasteiger partial charge in [-0.15, -0.1) is 0 Å². The number of ether oxygens (including phenoxy) is 1. The number of hydrogen-bond donors (Lipinski definition) is 0. The topological polar surface area (TPSA) is 29.5 Å². The van der Waals surface area contributed by atoms with Gasteiger partial charge in [0.05, 0.1) is 10.6 Å². The van der Waals surface area contributed by atoms with Crippen LogP contribution in [0.25, 0.3) is 0 Å². The minimum absolute atomic E-state index is 0.0385. The molecule has 1 saturated heterocycles. The summed E-state index contributed by atoms with van der Waals surface area (Å²) in [6.07, 6.45) is 1.94. The van der Waals surface area contributed by atoms with E-state index in [1.807, 2.05) is 4.90 Å². The number of halogens is 2. The van der Waals surface area contributed by atoms with Crippen molar-refractivity contribution in [1.82, 2.24) is 4.90 Å². The largest absolute Gasteiger partial charge is 0.384 e. The van der Waals surface area contributed by atoms with E-state index in [2.05, 4.69) is 0 Å². The van der Waals surface area contributed by atoms with Crippen molar-refractivity contribution < 1.29 is 9.53 Å². The molecule has 19 heavy (non-hydrogen) atoms. The summed E-state index contributed by atoms with van der Waals surface area (Å²) < 4.78 is 5.15. The summed E-state index contributed by atoms with van der Waals surface area (Å²) in [4.78, 5) is 14.2. The van der Waals surface area contributed by atoms with Crippen molar-refractivity contribution >= 4 is 29.1 Å². The molecular weight excluding hydrogens is 285 g/mol. The second-order valence-electron chi connectivity index (χ2n) is 4.82. The molecule has 1 aliphatic rings. The van der Waals surface area contributed by atoms with Gasteiger partial charge in [-0.1, -0.05) is 23.2 Å². The molecule has 1 aliphatic heterocycles. The van der Waals surface area contributed by atoms with Gasteiger partial charge in [0, 0.05) is 31.8 Å². The van der Waals surface area contributed by atoms with Crippen molar-refractivity contribution in [3.8, 4) is 0 Å². The van der Waals surface area contributed by atoms with Crippen molar-refractivity contribution in [2.45, 2.75) is 12.8 Å². The maximum atomic E-state index is 12.4. The number of hydrogen-bond acceptors (Lipinski definition) is 2. The fourth-order valence-electron chi connectivity index (χ4n) is 2.37. The number of carbonyl (C=O) groups excluding carboxylic acids is 1. The second-order valence-corrected chi connectivity index (χ2v) is 5.66. The van der Waals surface area contributed by atoms with E-state index in [1.165, 1.54) is 0 Å². The Kier molecular flexibility index (Phi) is 5.08. The lowest BCUT2D eigenvalue weighted by molar-refractivity contribution is 0.0614. The molecule has 1 aromatic rings. The molecule has 1 amide bonds. The SMILES string of the molecule is COCC1CCN(C(=O)c2cc(Cl)ccc2Cl)CC1. The van der Waals surface area contributed by atoms with E-state index in [4.69, 9.17) is 27.9 Å². The summed E-state index contributed by atoms with van der Waals surface area (Å²) in [5.41, 5.74) is 0.486. The average molecular weight is 302 g/mol. The van der Waals surface area contributed by atoms with Crippen LogP contribution in [0.3, 0.4) is 0 Å². The lowest BCUT2D eigenvalue weighted by Gasteiger charge is -2.31. The third kappa shape index (κ3) is 3.62. The van der Waals surface area contributed by atoms with Crippen LogP contribution in [0.2, 0.25) is 10.0 Å². The fraction of sp³-hybridized carbons (Fsp3) is 0.500. The Balaban J connectivity index is 2.03. The lowest BCUT2D eigenvalue weighted by Crippen LogP contribution is -2.39.